The molecule has 10 aromatic rings. The van der Waals surface area contributed by atoms with Crippen molar-refractivity contribution in [2.75, 3.05) is 10.2 Å². The fourth-order valence-corrected chi connectivity index (χ4v) is 9.40. The number of nitrogens with zero attached hydrogens (tertiary/aromatic N) is 1. The molecule has 253 valence electrons. The molecule has 8 aromatic carbocycles. The molecule has 2 aromatic heterocycles. The summed E-state index contributed by atoms with van der Waals surface area (Å²) in [6, 6.07) is 54.2. The molecule has 0 aliphatic carbocycles. The topological polar surface area (TPSA) is 41.5 Å². The number of furan rings is 2. The lowest BCUT2D eigenvalue weighted by Gasteiger charge is -2.45. The predicted molar refractivity (Wildman–Crippen MR) is 225 cm³/mol. The zero-order valence-corrected chi connectivity index (χ0v) is 29.8. The summed E-state index contributed by atoms with van der Waals surface area (Å²) in [5.74, 6) is 0. The number of anilines is 5. The molecule has 0 unspecified atom stereocenters. The van der Waals surface area contributed by atoms with Crippen molar-refractivity contribution < 1.29 is 8.83 Å². The van der Waals surface area contributed by atoms with Gasteiger partial charge in [0.15, 0.2) is 12.9 Å². The van der Waals surface area contributed by atoms with E-state index in [1.54, 1.807) is 0 Å². The molecule has 4 nitrogen and oxygen atoms in total. The van der Waals surface area contributed by atoms with E-state index in [1.165, 1.54) is 38.7 Å². The van der Waals surface area contributed by atoms with Crippen LogP contribution in [0.4, 0.5) is 28.4 Å². The smallest absolute Gasteiger partial charge is 0.198 e. The van der Waals surface area contributed by atoms with Gasteiger partial charge in [-0.2, -0.15) is 0 Å². The number of fused-ring (bicyclic) bond motifs is 12. The van der Waals surface area contributed by atoms with Crippen molar-refractivity contribution in [2.45, 2.75) is 19.3 Å². The van der Waals surface area contributed by atoms with E-state index in [4.69, 9.17) is 8.83 Å². The molecule has 0 fully saturated rings. The molecular formula is C49H32BN2O2. The fraction of sp³-hybridized carbons (Fsp3) is 0.0612. The second-order valence-corrected chi connectivity index (χ2v) is 15.1. The normalized spacial score (nSPS) is 14.0. The van der Waals surface area contributed by atoms with Crippen molar-refractivity contribution in [1.82, 2.24) is 0 Å². The van der Waals surface area contributed by atoms with Gasteiger partial charge in [0, 0.05) is 38.5 Å². The first-order valence-corrected chi connectivity index (χ1v) is 18.6. The summed E-state index contributed by atoms with van der Waals surface area (Å²) in [7, 11) is 2.40. The van der Waals surface area contributed by atoms with E-state index < -0.39 is 0 Å². The third-order valence-electron chi connectivity index (χ3n) is 11.9. The largest absolute Gasteiger partial charge is 0.456 e. The highest BCUT2D eigenvalue weighted by Gasteiger charge is 2.42. The van der Waals surface area contributed by atoms with Crippen LogP contribution >= 0.6 is 0 Å². The summed E-state index contributed by atoms with van der Waals surface area (Å²) in [6.45, 7) is 4.69. The van der Waals surface area contributed by atoms with Gasteiger partial charge in [0.25, 0.3) is 0 Å². The Bertz CT molecular complexity index is 3220. The molecule has 0 amide bonds. The van der Waals surface area contributed by atoms with Gasteiger partial charge in [-0.3, -0.25) is 0 Å². The number of nitrogens with one attached hydrogen (secondary N) is 1. The van der Waals surface area contributed by atoms with E-state index in [0.29, 0.717) is 0 Å². The Balaban J connectivity index is 1.20. The Morgan fingerprint density at radius 3 is 2.15 bits per heavy atom. The van der Waals surface area contributed by atoms with Crippen LogP contribution in [0.1, 0.15) is 25.0 Å². The third kappa shape index (κ3) is 3.93. The first kappa shape index (κ1) is 29.8. The van der Waals surface area contributed by atoms with E-state index in [0.717, 1.165) is 77.5 Å². The van der Waals surface area contributed by atoms with Crippen LogP contribution < -0.4 is 21.1 Å². The molecule has 0 spiro atoms. The molecule has 1 N–H and O–H groups in total. The van der Waals surface area contributed by atoms with Gasteiger partial charge in [-0.1, -0.05) is 129 Å². The molecule has 1 radical (unpaired) electrons. The molecule has 0 saturated carbocycles. The summed E-state index contributed by atoms with van der Waals surface area (Å²) < 4.78 is 13.3. The van der Waals surface area contributed by atoms with Crippen LogP contribution in [0.25, 0.3) is 65.8 Å². The number of hydrogen-bond donors (Lipinski definition) is 1. The van der Waals surface area contributed by atoms with Gasteiger partial charge >= 0.3 is 0 Å². The lowest BCUT2D eigenvalue weighted by Crippen LogP contribution is -2.45. The van der Waals surface area contributed by atoms with E-state index in [-0.39, 0.29) is 5.41 Å². The number of rotatable bonds is 3. The third-order valence-corrected chi connectivity index (χ3v) is 11.9. The van der Waals surface area contributed by atoms with Gasteiger partial charge in [0.2, 0.25) is 0 Å². The van der Waals surface area contributed by atoms with Gasteiger partial charge < -0.3 is 19.1 Å². The Morgan fingerprint density at radius 2 is 1.26 bits per heavy atom. The highest BCUT2D eigenvalue weighted by Crippen LogP contribution is 2.54. The van der Waals surface area contributed by atoms with E-state index in [1.807, 2.05) is 12.1 Å². The molecule has 2 aliphatic rings. The standard InChI is InChI=1S/C49H32BN2O2/c1-49(2)34-17-7-8-21-39(34)52-46-35(49)18-11-19-36(46)50-45-33(27-32-30-15-5-9-22-40(30)54-48(32)47(45)52)43-29-14-4-3-13-28(29)25-26-38(43)51-37-20-12-24-42-44(37)31-16-6-10-23-41(31)53-42/h3-27,51H,1-2H3. The zero-order valence-electron chi connectivity index (χ0n) is 29.8. The van der Waals surface area contributed by atoms with Crippen molar-refractivity contribution in [3.8, 4) is 11.1 Å². The molecule has 54 heavy (non-hydrogen) atoms. The quantitative estimate of drug-likeness (QED) is 0.187. The molecule has 2 aliphatic heterocycles. The Kier molecular flexibility index (Phi) is 5.90. The molecule has 0 bridgehead atoms. The minimum Gasteiger partial charge on any atom is -0.456 e. The summed E-state index contributed by atoms with van der Waals surface area (Å²) in [5, 5.41) is 10.7. The average Bonchev–Trinajstić information content (AvgIpc) is 3.78. The maximum Gasteiger partial charge on any atom is 0.198 e. The van der Waals surface area contributed by atoms with E-state index in [2.05, 4.69) is 171 Å². The van der Waals surface area contributed by atoms with Gasteiger partial charge in [0.1, 0.15) is 16.7 Å². The van der Waals surface area contributed by atoms with Crippen molar-refractivity contribution in [1.29, 1.82) is 0 Å². The fourth-order valence-electron chi connectivity index (χ4n) is 9.40. The van der Waals surface area contributed by atoms with Crippen LogP contribution in [0, 0.1) is 0 Å². The molecule has 5 heteroatoms. The lowest BCUT2D eigenvalue weighted by atomic mass is 9.55. The summed E-state index contributed by atoms with van der Waals surface area (Å²) in [6.07, 6.45) is 0. The monoisotopic (exact) mass is 691 g/mol. The zero-order chi connectivity index (χ0) is 35.7. The van der Waals surface area contributed by atoms with Crippen LogP contribution in [-0.2, 0) is 5.41 Å². The summed E-state index contributed by atoms with van der Waals surface area (Å²) >= 11 is 0. The molecule has 4 heterocycles. The minimum absolute atomic E-state index is 0.181. The SMILES string of the molecule is CC1(C)c2ccccc2N2c3c(cccc31)[B]c1c(-c3c(Nc4cccc5oc6ccccc6c45)ccc4ccccc34)cc3c(oc4ccccc43)c12. The first-order valence-electron chi connectivity index (χ1n) is 18.6. The Morgan fingerprint density at radius 1 is 0.556 bits per heavy atom. The maximum atomic E-state index is 6.93. The molecule has 0 atom stereocenters. The maximum absolute atomic E-state index is 6.93. The van der Waals surface area contributed by atoms with Gasteiger partial charge in [-0.25, -0.2) is 0 Å². The van der Waals surface area contributed by atoms with Crippen LogP contribution in [0.2, 0.25) is 0 Å². The van der Waals surface area contributed by atoms with Crippen molar-refractivity contribution in [3.63, 3.8) is 0 Å². The Labute approximate surface area is 312 Å². The first-order chi connectivity index (χ1) is 26.5. The van der Waals surface area contributed by atoms with E-state index >= 15 is 0 Å². The predicted octanol–water partition coefficient (Wildman–Crippen LogP) is 12.1. The molecule has 12 rings (SSSR count). The lowest BCUT2D eigenvalue weighted by molar-refractivity contribution is 0.631. The van der Waals surface area contributed by atoms with E-state index in [9.17, 15) is 0 Å². The van der Waals surface area contributed by atoms with Crippen LogP contribution in [0.3, 0.4) is 0 Å². The van der Waals surface area contributed by atoms with Crippen molar-refractivity contribution in [3.05, 3.63) is 163 Å². The van der Waals surface area contributed by atoms with Crippen LogP contribution in [-0.4, -0.2) is 7.28 Å². The number of hydrogen-bond acceptors (Lipinski definition) is 4. The summed E-state index contributed by atoms with van der Waals surface area (Å²) in [4.78, 5) is 2.49. The van der Waals surface area contributed by atoms with Crippen LogP contribution in [0.5, 0.6) is 0 Å². The van der Waals surface area contributed by atoms with Gasteiger partial charge in [-0.05, 0) is 75.4 Å². The molecular weight excluding hydrogens is 659 g/mol. The Hall–Kier alpha value is -6.72. The molecule has 0 saturated heterocycles. The number of para-hydroxylation sites is 4. The van der Waals surface area contributed by atoms with Gasteiger partial charge in [-0.15, -0.1) is 0 Å². The van der Waals surface area contributed by atoms with Crippen molar-refractivity contribution in [2.24, 2.45) is 0 Å². The van der Waals surface area contributed by atoms with Crippen molar-refractivity contribution >= 4 is 101 Å². The highest BCUT2D eigenvalue weighted by atomic mass is 16.3. The highest BCUT2D eigenvalue weighted by molar-refractivity contribution is 6.74. The van der Waals surface area contributed by atoms with Crippen LogP contribution in [0.15, 0.2) is 160 Å². The number of benzene rings is 8. The minimum atomic E-state index is -0.181. The van der Waals surface area contributed by atoms with Gasteiger partial charge in [0.05, 0.1) is 22.4 Å². The average molecular weight is 692 g/mol. The second kappa shape index (κ2) is 10.7. The summed E-state index contributed by atoms with van der Waals surface area (Å²) in [5.41, 5.74) is 16.1. The second-order valence-electron chi connectivity index (χ2n) is 15.1.